The number of aliphatic carboxylic acids is 1. The molecule has 2 N–H and O–H groups in total. The monoisotopic (exact) mass is 201 g/mol. The molecule has 0 bridgehead atoms. The Bertz CT molecular complexity index is 192. The molecule has 0 spiro atoms. The summed E-state index contributed by atoms with van der Waals surface area (Å²) < 4.78 is 0. The summed E-state index contributed by atoms with van der Waals surface area (Å²) >= 11 is 0. The van der Waals surface area contributed by atoms with E-state index in [2.05, 4.69) is 39.9 Å². The minimum atomic E-state index is -0.722. The topological polar surface area (TPSA) is 49.3 Å². The predicted molar refractivity (Wildman–Crippen MR) is 58.4 cm³/mol. The van der Waals surface area contributed by atoms with Crippen molar-refractivity contribution in [3.8, 4) is 0 Å². The molecule has 0 aromatic carbocycles. The molecule has 0 aromatic heterocycles. The molecule has 0 aliphatic rings. The van der Waals surface area contributed by atoms with Crippen LogP contribution in [0.15, 0.2) is 0 Å². The van der Waals surface area contributed by atoms with Gasteiger partial charge in [-0.25, -0.2) is 0 Å². The van der Waals surface area contributed by atoms with Crippen molar-refractivity contribution in [2.75, 3.05) is 6.54 Å². The maximum atomic E-state index is 10.3. The van der Waals surface area contributed by atoms with Crippen LogP contribution in [0.4, 0.5) is 0 Å². The van der Waals surface area contributed by atoms with Crippen molar-refractivity contribution >= 4 is 5.97 Å². The number of hydrogen-bond acceptors (Lipinski definition) is 2. The van der Waals surface area contributed by atoms with Crippen LogP contribution in [-0.4, -0.2) is 23.2 Å². The van der Waals surface area contributed by atoms with Crippen LogP contribution in [0.1, 0.15) is 47.5 Å². The molecular formula is C11H23NO2. The second-order valence-corrected chi connectivity index (χ2v) is 5.30. The van der Waals surface area contributed by atoms with Gasteiger partial charge in [0.1, 0.15) is 0 Å². The first-order chi connectivity index (χ1) is 6.17. The van der Waals surface area contributed by atoms with E-state index >= 15 is 0 Å². The molecule has 0 saturated carbocycles. The molecule has 3 heteroatoms. The highest BCUT2D eigenvalue weighted by Crippen LogP contribution is 2.29. The van der Waals surface area contributed by atoms with Crippen molar-refractivity contribution < 1.29 is 9.90 Å². The van der Waals surface area contributed by atoms with Gasteiger partial charge in [-0.1, -0.05) is 20.8 Å². The van der Waals surface area contributed by atoms with Gasteiger partial charge in [-0.2, -0.15) is 0 Å². The Morgan fingerprint density at radius 3 is 2.07 bits per heavy atom. The number of carboxylic acids is 1. The Morgan fingerprint density at radius 1 is 1.21 bits per heavy atom. The van der Waals surface area contributed by atoms with Crippen molar-refractivity contribution in [3.05, 3.63) is 0 Å². The third-order valence-corrected chi connectivity index (χ3v) is 3.01. The zero-order chi connectivity index (χ0) is 11.4. The molecule has 0 fully saturated rings. The average molecular weight is 201 g/mol. The number of hydrogen-bond donors (Lipinski definition) is 2. The van der Waals surface area contributed by atoms with Crippen LogP contribution in [0.3, 0.4) is 0 Å². The normalized spacial score (nSPS) is 12.9. The summed E-state index contributed by atoms with van der Waals surface area (Å²) in [6, 6.07) is 0. The molecular weight excluding hydrogens is 178 g/mol. The highest BCUT2D eigenvalue weighted by Gasteiger charge is 2.31. The van der Waals surface area contributed by atoms with E-state index in [1.54, 1.807) is 0 Å². The molecule has 0 unspecified atom stereocenters. The molecule has 0 rings (SSSR count). The molecule has 14 heavy (non-hydrogen) atoms. The van der Waals surface area contributed by atoms with Crippen LogP contribution < -0.4 is 5.32 Å². The van der Waals surface area contributed by atoms with E-state index in [1.165, 1.54) is 0 Å². The molecule has 0 saturated heterocycles. The second kappa shape index (κ2) is 4.78. The first-order valence-corrected chi connectivity index (χ1v) is 5.13. The van der Waals surface area contributed by atoms with E-state index < -0.39 is 5.97 Å². The van der Waals surface area contributed by atoms with E-state index in [-0.39, 0.29) is 17.4 Å². The summed E-state index contributed by atoms with van der Waals surface area (Å²) in [5.74, 6) is -0.722. The van der Waals surface area contributed by atoms with E-state index in [1.807, 2.05) is 0 Å². The Balaban J connectivity index is 3.83. The van der Waals surface area contributed by atoms with E-state index in [9.17, 15) is 4.79 Å². The van der Waals surface area contributed by atoms with Crippen LogP contribution in [0.25, 0.3) is 0 Å². The number of rotatable bonds is 5. The second-order valence-electron chi connectivity index (χ2n) is 5.30. The molecule has 0 amide bonds. The number of carbonyl (C=O) groups is 1. The van der Waals surface area contributed by atoms with Crippen molar-refractivity contribution in [2.24, 2.45) is 5.41 Å². The van der Waals surface area contributed by atoms with Crippen LogP contribution in [-0.2, 0) is 4.79 Å². The van der Waals surface area contributed by atoms with Gasteiger partial charge in [0.05, 0.1) is 0 Å². The Kier molecular flexibility index (Phi) is 4.59. The molecule has 3 nitrogen and oxygen atoms in total. The molecule has 84 valence electrons. The zero-order valence-electron chi connectivity index (χ0n) is 9.98. The van der Waals surface area contributed by atoms with Crippen LogP contribution >= 0.6 is 0 Å². The molecule has 0 atom stereocenters. The highest BCUT2D eigenvalue weighted by molar-refractivity contribution is 5.66. The van der Waals surface area contributed by atoms with Gasteiger partial charge in [0.15, 0.2) is 0 Å². The smallest absolute Gasteiger partial charge is 0.303 e. The van der Waals surface area contributed by atoms with Gasteiger partial charge in [0.2, 0.25) is 0 Å². The van der Waals surface area contributed by atoms with Gasteiger partial charge in [-0.3, -0.25) is 4.79 Å². The summed E-state index contributed by atoms with van der Waals surface area (Å²) in [6.07, 6.45) is 0.933. The number of nitrogens with one attached hydrogen (secondary N) is 1. The summed E-state index contributed by atoms with van der Waals surface area (Å²) in [7, 11) is 0. The summed E-state index contributed by atoms with van der Waals surface area (Å²) in [6.45, 7) is 11.6. The van der Waals surface area contributed by atoms with Gasteiger partial charge >= 0.3 is 5.97 Å². The molecule has 0 aromatic rings. The van der Waals surface area contributed by atoms with Crippen molar-refractivity contribution in [3.63, 3.8) is 0 Å². The van der Waals surface area contributed by atoms with Gasteiger partial charge in [-0.05, 0) is 32.2 Å². The lowest BCUT2D eigenvalue weighted by Gasteiger charge is -2.40. The highest BCUT2D eigenvalue weighted by atomic mass is 16.4. The standard InChI is InChI=1S/C11H23NO2/c1-10(2,3)11(4,5)12-8-6-7-9(13)14/h12H,6-8H2,1-5H3,(H,13,14). The minimum absolute atomic E-state index is 0.0332. The van der Waals surface area contributed by atoms with E-state index in [0.717, 1.165) is 6.54 Å². The Labute approximate surface area is 86.9 Å². The van der Waals surface area contributed by atoms with E-state index in [0.29, 0.717) is 6.42 Å². The lowest BCUT2D eigenvalue weighted by atomic mass is 9.76. The van der Waals surface area contributed by atoms with Crippen molar-refractivity contribution in [1.82, 2.24) is 5.32 Å². The van der Waals surface area contributed by atoms with Gasteiger partial charge < -0.3 is 10.4 Å². The molecule has 0 radical (unpaired) electrons. The summed E-state index contributed by atoms with van der Waals surface area (Å²) in [4.78, 5) is 10.3. The van der Waals surface area contributed by atoms with Gasteiger partial charge in [0.25, 0.3) is 0 Å². The third-order valence-electron chi connectivity index (χ3n) is 3.01. The lowest BCUT2D eigenvalue weighted by molar-refractivity contribution is -0.137. The zero-order valence-corrected chi connectivity index (χ0v) is 9.98. The first kappa shape index (κ1) is 13.4. The SMILES string of the molecule is CC(C)(C)C(C)(C)NCCCC(=O)O. The Morgan fingerprint density at radius 2 is 1.71 bits per heavy atom. The lowest BCUT2D eigenvalue weighted by Crippen LogP contribution is -2.50. The molecule has 0 aliphatic carbocycles. The molecule has 0 heterocycles. The fourth-order valence-corrected chi connectivity index (χ4v) is 0.906. The van der Waals surface area contributed by atoms with Crippen LogP contribution in [0, 0.1) is 5.41 Å². The quantitative estimate of drug-likeness (QED) is 0.671. The predicted octanol–water partition coefficient (Wildman–Crippen LogP) is 2.27. The summed E-state index contributed by atoms with van der Waals surface area (Å²) in [5.41, 5.74) is 0.210. The fraction of sp³-hybridized carbons (Fsp3) is 0.909. The molecule has 0 aliphatic heterocycles. The van der Waals surface area contributed by atoms with Gasteiger partial charge in [0, 0.05) is 12.0 Å². The third kappa shape index (κ3) is 4.61. The maximum Gasteiger partial charge on any atom is 0.303 e. The van der Waals surface area contributed by atoms with Crippen LogP contribution in [0.2, 0.25) is 0 Å². The van der Waals surface area contributed by atoms with Gasteiger partial charge in [-0.15, -0.1) is 0 Å². The summed E-state index contributed by atoms with van der Waals surface area (Å²) in [5, 5.41) is 11.9. The number of carboxylic acid groups (broad SMARTS) is 1. The average Bonchev–Trinajstić information content (AvgIpc) is 1.95. The fourth-order valence-electron chi connectivity index (χ4n) is 0.906. The largest absolute Gasteiger partial charge is 0.481 e. The van der Waals surface area contributed by atoms with Crippen LogP contribution in [0.5, 0.6) is 0 Å². The first-order valence-electron chi connectivity index (χ1n) is 5.13. The minimum Gasteiger partial charge on any atom is -0.481 e. The van der Waals surface area contributed by atoms with Crippen molar-refractivity contribution in [1.29, 1.82) is 0 Å². The van der Waals surface area contributed by atoms with Crippen molar-refractivity contribution in [2.45, 2.75) is 53.0 Å². The maximum absolute atomic E-state index is 10.3. The Hall–Kier alpha value is -0.570. The van der Waals surface area contributed by atoms with E-state index in [4.69, 9.17) is 5.11 Å².